The van der Waals surface area contributed by atoms with E-state index < -0.39 is 46.6 Å². The molecule has 0 aliphatic carbocycles. The van der Waals surface area contributed by atoms with Gasteiger partial charge in [-0.25, -0.2) is 23.2 Å². The number of phosphoric acid groups is 2. The Bertz CT molecular complexity index is 629. The highest BCUT2D eigenvalue weighted by atomic mass is 31.2. The summed E-state index contributed by atoms with van der Waals surface area (Å²) in [5.41, 5.74) is -0.297. The molecule has 2 atom stereocenters. The Morgan fingerprint density at radius 2 is 1.36 bits per heavy atom. The second kappa shape index (κ2) is 9.37. The van der Waals surface area contributed by atoms with Crippen LogP contribution in [0.25, 0.3) is 0 Å². The van der Waals surface area contributed by atoms with Gasteiger partial charge in [0.1, 0.15) is 6.61 Å². The van der Waals surface area contributed by atoms with Crippen LogP contribution in [0.4, 0.5) is 0 Å². The molecule has 0 aromatic carbocycles. The van der Waals surface area contributed by atoms with Gasteiger partial charge in [-0.15, -0.1) is 0 Å². The largest absolute Gasteiger partial charge is 0.472 e. The summed E-state index contributed by atoms with van der Waals surface area (Å²) in [6, 6.07) is 0. The molecule has 12 nitrogen and oxygen atoms in total. The van der Waals surface area contributed by atoms with Gasteiger partial charge in [-0.2, -0.15) is 0 Å². The van der Waals surface area contributed by atoms with E-state index in [9.17, 15) is 18.7 Å². The molecule has 0 heterocycles. The highest BCUT2D eigenvalue weighted by molar-refractivity contribution is 7.46. The average Bonchev–Trinajstić information content (AvgIpc) is 2.39. The normalized spacial score (nSPS) is 14.3. The molecule has 0 spiro atoms. The van der Waals surface area contributed by atoms with Crippen LogP contribution < -0.4 is 0 Å². The van der Waals surface area contributed by atoms with Crippen molar-refractivity contribution in [2.45, 2.75) is 26.2 Å². The molecule has 0 aliphatic heterocycles. The smallest absolute Gasteiger partial charge is 0.459 e. The van der Waals surface area contributed by atoms with Crippen molar-refractivity contribution in [3.63, 3.8) is 0 Å². The van der Waals surface area contributed by atoms with Crippen LogP contribution in [-0.2, 0) is 37.2 Å². The summed E-state index contributed by atoms with van der Waals surface area (Å²) in [7, 11) is -10.5. The molecule has 0 amide bonds. The molecule has 144 valence electrons. The highest BCUT2D eigenvalue weighted by Gasteiger charge is 2.38. The molecule has 0 aromatic rings. The van der Waals surface area contributed by atoms with Gasteiger partial charge in [0.2, 0.25) is 6.29 Å². The summed E-state index contributed by atoms with van der Waals surface area (Å²) in [6.07, 6.45) is -4.39. The maximum Gasteiger partial charge on any atom is 0.472 e. The Morgan fingerprint density at radius 3 is 1.72 bits per heavy atom. The lowest BCUT2D eigenvalue weighted by Crippen LogP contribution is -2.39. The van der Waals surface area contributed by atoms with E-state index in [0.717, 1.165) is 0 Å². The molecule has 0 aromatic heterocycles. The zero-order chi connectivity index (χ0) is 20.0. The second-order valence-corrected chi connectivity index (χ2v) is 7.05. The molecule has 0 saturated heterocycles. The standard InChI is InChI=1S/C11H18O12P2/c1-6(2)9(12)20-5-8(22-24(14,15)16)11(23-25(17,18)19)21-10(13)7(3)4/h8,11H,1,3,5H2,2,4H3,(H2,14,15,16)(H2,17,18,19). The molecule has 25 heavy (non-hydrogen) atoms. The average molecular weight is 404 g/mol. The van der Waals surface area contributed by atoms with Crippen molar-refractivity contribution in [2.24, 2.45) is 0 Å². The van der Waals surface area contributed by atoms with Gasteiger partial charge < -0.3 is 29.0 Å². The quantitative estimate of drug-likeness (QED) is 0.167. The summed E-state index contributed by atoms with van der Waals surface area (Å²) < 4.78 is 39.6. The second-order valence-electron chi connectivity index (χ2n) is 4.66. The van der Waals surface area contributed by atoms with E-state index in [1.54, 1.807) is 0 Å². The SMILES string of the molecule is C=C(C)C(=O)OCC(OP(=O)(O)O)C(OC(=O)C(=C)C)OP(=O)(O)O. The first-order valence-corrected chi connectivity index (χ1v) is 9.35. The Kier molecular flexibility index (Phi) is 8.86. The molecule has 2 unspecified atom stereocenters. The van der Waals surface area contributed by atoms with Gasteiger partial charge >= 0.3 is 27.6 Å². The number of esters is 2. The number of ether oxygens (including phenoxy) is 2. The third kappa shape index (κ3) is 11.0. The van der Waals surface area contributed by atoms with E-state index in [2.05, 4.69) is 31.7 Å². The van der Waals surface area contributed by atoms with Gasteiger partial charge in [0.15, 0.2) is 6.10 Å². The lowest BCUT2D eigenvalue weighted by molar-refractivity contribution is -0.183. The van der Waals surface area contributed by atoms with Crippen molar-refractivity contribution < 1.29 is 56.8 Å². The van der Waals surface area contributed by atoms with Crippen molar-refractivity contribution >= 4 is 27.6 Å². The van der Waals surface area contributed by atoms with Gasteiger partial charge in [-0.05, 0) is 13.8 Å². The van der Waals surface area contributed by atoms with E-state index in [4.69, 9.17) is 19.6 Å². The van der Waals surface area contributed by atoms with E-state index >= 15 is 0 Å². The van der Waals surface area contributed by atoms with Crippen molar-refractivity contribution in [1.82, 2.24) is 0 Å². The first-order valence-electron chi connectivity index (χ1n) is 6.29. The van der Waals surface area contributed by atoms with Crippen LogP contribution >= 0.6 is 15.6 Å². The van der Waals surface area contributed by atoms with Crippen LogP contribution in [0.5, 0.6) is 0 Å². The van der Waals surface area contributed by atoms with Gasteiger partial charge in [-0.3, -0.25) is 4.52 Å². The minimum Gasteiger partial charge on any atom is -0.459 e. The fourth-order valence-corrected chi connectivity index (χ4v) is 2.09. The summed E-state index contributed by atoms with van der Waals surface area (Å²) in [5, 5.41) is 0. The third-order valence-electron chi connectivity index (χ3n) is 2.12. The van der Waals surface area contributed by atoms with Crippen LogP contribution in [0, 0.1) is 0 Å². The zero-order valence-electron chi connectivity index (χ0n) is 13.2. The maximum atomic E-state index is 11.5. The van der Waals surface area contributed by atoms with Crippen LogP contribution in [0.1, 0.15) is 13.8 Å². The number of hydrogen-bond acceptors (Lipinski definition) is 8. The number of carbonyl (C=O) groups excluding carboxylic acids is 2. The van der Waals surface area contributed by atoms with Crippen molar-refractivity contribution in [3.8, 4) is 0 Å². The Morgan fingerprint density at radius 1 is 0.920 bits per heavy atom. The number of phosphoric ester groups is 2. The van der Waals surface area contributed by atoms with Crippen LogP contribution in [0.15, 0.2) is 24.3 Å². The molecular weight excluding hydrogens is 386 g/mol. The Balaban J connectivity index is 5.53. The molecule has 0 rings (SSSR count). The monoisotopic (exact) mass is 404 g/mol. The lowest BCUT2D eigenvalue weighted by Gasteiger charge is -2.26. The number of rotatable bonds is 10. The molecule has 0 saturated carbocycles. The molecule has 14 heteroatoms. The molecular formula is C11H18O12P2. The predicted octanol–water partition coefficient (Wildman–Crippen LogP) is 0.138. The Hall–Kier alpha value is -1.36. The summed E-state index contributed by atoms with van der Waals surface area (Å²) in [6.45, 7) is 7.96. The van der Waals surface area contributed by atoms with E-state index in [1.807, 2.05) is 0 Å². The van der Waals surface area contributed by atoms with Gasteiger partial charge in [-0.1, -0.05) is 13.2 Å². The van der Waals surface area contributed by atoms with E-state index in [-0.39, 0.29) is 11.1 Å². The topological polar surface area (TPSA) is 186 Å². The summed E-state index contributed by atoms with van der Waals surface area (Å²) in [4.78, 5) is 58.4. The molecule has 0 fully saturated rings. The van der Waals surface area contributed by atoms with Crippen LogP contribution in [0.2, 0.25) is 0 Å². The van der Waals surface area contributed by atoms with Crippen LogP contribution in [0.3, 0.4) is 0 Å². The number of carbonyl (C=O) groups is 2. The lowest BCUT2D eigenvalue weighted by atomic mass is 10.3. The Labute approximate surface area is 142 Å². The fraction of sp³-hybridized carbons (Fsp3) is 0.455. The van der Waals surface area contributed by atoms with Crippen molar-refractivity contribution in [1.29, 1.82) is 0 Å². The highest BCUT2D eigenvalue weighted by Crippen LogP contribution is 2.43. The van der Waals surface area contributed by atoms with Gasteiger partial charge in [0.05, 0.1) is 0 Å². The third-order valence-corrected chi connectivity index (χ3v) is 3.14. The predicted molar refractivity (Wildman–Crippen MR) is 80.5 cm³/mol. The first kappa shape index (κ1) is 23.6. The van der Waals surface area contributed by atoms with Crippen LogP contribution in [-0.4, -0.2) is 50.5 Å². The zero-order valence-corrected chi connectivity index (χ0v) is 15.0. The van der Waals surface area contributed by atoms with Crippen molar-refractivity contribution in [3.05, 3.63) is 24.3 Å². The molecule has 4 N–H and O–H groups in total. The molecule has 0 bridgehead atoms. The van der Waals surface area contributed by atoms with Crippen molar-refractivity contribution in [2.75, 3.05) is 6.61 Å². The van der Waals surface area contributed by atoms with Gasteiger partial charge in [0, 0.05) is 11.1 Å². The minimum absolute atomic E-state index is 0.0821. The number of hydrogen-bond donors (Lipinski definition) is 4. The van der Waals surface area contributed by atoms with E-state index in [0.29, 0.717) is 0 Å². The summed E-state index contributed by atoms with van der Waals surface area (Å²) >= 11 is 0. The fourth-order valence-electron chi connectivity index (χ4n) is 1.12. The minimum atomic E-state index is -5.29. The van der Waals surface area contributed by atoms with Gasteiger partial charge in [0.25, 0.3) is 0 Å². The maximum absolute atomic E-state index is 11.5. The van der Waals surface area contributed by atoms with E-state index in [1.165, 1.54) is 13.8 Å². The molecule has 0 aliphatic rings. The molecule has 0 radical (unpaired) electrons. The first-order chi connectivity index (χ1) is 11.1. The summed E-state index contributed by atoms with van der Waals surface area (Å²) in [5.74, 6) is -2.20.